The van der Waals surface area contributed by atoms with Gasteiger partial charge in [-0.25, -0.2) is 0 Å². The van der Waals surface area contributed by atoms with Crippen molar-refractivity contribution < 1.29 is 24.0 Å². The summed E-state index contributed by atoms with van der Waals surface area (Å²) in [6.07, 6.45) is 0. The Morgan fingerprint density at radius 2 is 2.04 bits per heavy atom. The minimum absolute atomic E-state index is 0.000459. The van der Waals surface area contributed by atoms with Gasteiger partial charge in [0, 0.05) is 13.5 Å². The lowest BCUT2D eigenvalue weighted by atomic mass is 9.94. The molecule has 0 aliphatic heterocycles. The minimum atomic E-state index is -1.06. The number of para-hydroxylation sites is 1. The quantitative estimate of drug-likeness (QED) is 0.794. The molecule has 0 fully saturated rings. The third-order valence-electron chi connectivity index (χ3n) is 3.33. The van der Waals surface area contributed by atoms with Crippen molar-refractivity contribution in [1.82, 2.24) is 15.5 Å². The van der Waals surface area contributed by atoms with E-state index in [-0.39, 0.29) is 13.2 Å². The maximum Gasteiger partial charge on any atom is 0.310 e. The zero-order valence-electron chi connectivity index (χ0n) is 13.7. The highest BCUT2D eigenvalue weighted by Gasteiger charge is 2.28. The number of carbonyl (C=O) groups is 2. The van der Waals surface area contributed by atoms with Crippen molar-refractivity contribution in [3.63, 3.8) is 0 Å². The van der Waals surface area contributed by atoms with Gasteiger partial charge in [-0.15, -0.1) is 0 Å². The largest absolute Gasteiger partial charge is 0.485 e. The number of aliphatic carboxylic acids is 1. The maximum absolute atomic E-state index is 12.3. The summed E-state index contributed by atoms with van der Waals surface area (Å²) in [6.45, 7) is 4.80. The second-order valence-electron chi connectivity index (χ2n) is 5.89. The minimum Gasteiger partial charge on any atom is -0.485 e. The number of nitrogens with one attached hydrogen (secondary N) is 1. The molecule has 8 nitrogen and oxygen atoms in total. The number of aromatic nitrogens is 2. The topological polar surface area (TPSA) is 115 Å². The van der Waals surface area contributed by atoms with Crippen LogP contribution < -0.4 is 10.1 Å². The third-order valence-corrected chi connectivity index (χ3v) is 3.33. The number of hydrogen-bond donors (Lipinski definition) is 2. The van der Waals surface area contributed by atoms with Crippen LogP contribution in [0.2, 0.25) is 0 Å². The van der Waals surface area contributed by atoms with Gasteiger partial charge >= 0.3 is 5.97 Å². The number of carbonyl (C=O) groups excluding carboxylic acids is 1. The Kier molecular flexibility index (Phi) is 5.18. The predicted octanol–water partition coefficient (Wildman–Crippen LogP) is 1.80. The lowest BCUT2D eigenvalue weighted by molar-refractivity contribution is -0.146. The van der Waals surface area contributed by atoms with Crippen molar-refractivity contribution in [3.8, 4) is 5.75 Å². The fraction of sp³-hybridized carbons (Fsp3) is 0.375. The lowest BCUT2D eigenvalue weighted by Gasteiger charge is -2.20. The molecule has 0 radical (unpaired) electrons. The highest BCUT2D eigenvalue weighted by Crippen LogP contribution is 2.20. The van der Waals surface area contributed by atoms with Gasteiger partial charge in [0.05, 0.1) is 11.0 Å². The molecule has 0 aliphatic carbocycles. The molecule has 0 bridgehead atoms. The summed E-state index contributed by atoms with van der Waals surface area (Å²) in [4.78, 5) is 27.4. The van der Waals surface area contributed by atoms with Gasteiger partial charge in [-0.3, -0.25) is 9.59 Å². The number of ether oxygens (including phenoxy) is 1. The fourth-order valence-corrected chi connectivity index (χ4v) is 1.79. The Bertz CT molecular complexity index is 739. The Hall–Kier alpha value is -2.90. The number of amides is 1. The molecule has 0 saturated carbocycles. The summed E-state index contributed by atoms with van der Waals surface area (Å²) >= 11 is 0. The number of rotatable bonds is 7. The lowest BCUT2D eigenvalue weighted by Crippen LogP contribution is -2.39. The van der Waals surface area contributed by atoms with E-state index >= 15 is 0 Å². The summed E-state index contributed by atoms with van der Waals surface area (Å²) < 4.78 is 10.4. The second-order valence-corrected chi connectivity index (χ2v) is 5.89. The molecule has 2 aromatic rings. The van der Waals surface area contributed by atoms with Gasteiger partial charge in [0.2, 0.25) is 11.7 Å². The molecule has 0 spiro atoms. The zero-order valence-corrected chi connectivity index (χ0v) is 13.7. The summed E-state index contributed by atoms with van der Waals surface area (Å²) in [6, 6.07) is 6.67. The number of carboxylic acid groups (broad SMARTS) is 1. The van der Waals surface area contributed by atoms with E-state index in [0.717, 1.165) is 0 Å². The Morgan fingerprint density at radius 1 is 1.33 bits per heavy atom. The summed E-state index contributed by atoms with van der Waals surface area (Å²) in [5.41, 5.74) is -0.757. The first kappa shape index (κ1) is 17.5. The first-order valence-corrected chi connectivity index (χ1v) is 7.32. The van der Waals surface area contributed by atoms with Crippen LogP contribution in [0.25, 0.3) is 0 Å². The fourth-order valence-electron chi connectivity index (χ4n) is 1.79. The molecule has 2 rings (SSSR count). The molecule has 1 heterocycles. The van der Waals surface area contributed by atoms with Gasteiger partial charge in [0.15, 0.2) is 6.61 Å². The van der Waals surface area contributed by atoms with E-state index in [4.69, 9.17) is 14.4 Å². The summed E-state index contributed by atoms with van der Waals surface area (Å²) in [7, 11) is 0. The van der Waals surface area contributed by atoms with Gasteiger partial charge < -0.3 is 19.7 Å². The highest BCUT2D eigenvalue weighted by atomic mass is 16.5. The number of hydrogen-bond acceptors (Lipinski definition) is 6. The van der Waals surface area contributed by atoms with Crippen LogP contribution in [-0.4, -0.2) is 33.7 Å². The van der Waals surface area contributed by atoms with Gasteiger partial charge in [0.1, 0.15) is 5.75 Å². The molecule has 2 N–H and O–H groups in total. The van der Waals surface area contributed by atoms with Crippen molar-refractivity contribution >= 4 is 11.9 Å². The summed E-state index contributed by atoms with van der Waals surface area (Å²) in [5, 5.41) is 15.4. The first-order valence-electron chi connectivity index (χ1n) is 7.32. The van der Waals surface area contributed by atoms with Gasteiger partial charge in [-0.1, -0.05) is 17.3 Å². The van der Waals surface area contributed by atoms with E-state index in [0.29, 0.717) is 23.0 Å². The highest BCUT2D eigenvalue weighted by molar-refractivity contribution is 5.97. The van der Waals surface area contributed by atoms with Gasteiger partial charge in [-0.2, -0.15) is 4.98 Å². The maximum atomic E-state index is 12.3. The standard InChI is InChI=1S/C16H19N3O5/c1-10-18-13(19-24-10)8-23-12-7-5-4-6-11(12)14(20)17-9-16(2,3)15(21)22/h4-7H,8-9H2,1-3H3,(H,17,20)(H,21,22). The van der Waals surface area contributed by atoms with Gasteiger partial charge in [-0.05, 0) is 26.0 Å². The number of aryl methyl sites for hydroxylation is 1. The van der Waals surface area contributed by atoms with Crippen LogP contribution >= 0.6 is 0 Å². The molecule has 0 aliphatic rings. The van der Waals surface area contributed by atoms with Crippen molar-refractivity contribution in [3.05, 3.63) is 41.5 Å². The molecule has 1 amide bonds. The molecule has 1 aromatic heterocycles. The molecular formula is C16H19N3O5. The number of carboxylic acids is 1. The van der Waals surface area contributed by atoms with Crippen molar-refractivity contribution in [2.75, 3.05) is 6.54 Å². The Labute approximate surface area is 138 Å². The van der Waals surface area contributed by atoms with Crippen LogP contribution in [0.5, 0.6) is 5.75 Å². The van der Waals surface area contributed by atoms with E-state index in [2.05, 4.69) is 15.5 Å². The molecule has 0 atom stereocenters. The van der Waals surface area contributed by atoms with Crippen LogP contribution in [-0.2, 0) is 11.4 Å². The van der Waals surface area contributed by atoms with Crippen molar-refractivity contribution in [2.45, 2.75) is 27.4 Å². The van der Waals surface area contributed by atoms with Crippen molar-refractivity contribution in [2.24, 2.45) is 5.41 Å². The van der Waals surface area contributed by atoms with Gasteiger partial charge in [0.25, 0.3) is 5.91 Å². The SMILES string of the molecule is Cc1nc(COc2ccccc2C(=O)NCC(C)(C)C(=O)O)no1. The van der Waals surface area contributed by atoms with E-state index in [1.54, 1.807) is 31.2 Å². The molecule has 0 saturated heterocycles. The molecular weight excluding hydrogens is 314 g/mol. The monoisotopic (exact) mass is 333 g/mol. The van der Waals surface area contributed by atoms with E-state index in [1.807, 2.05) is 0 Å². The van der Waals surface area contributed by atoms with Crippen LogP contribution in [0.4, 0.5) is 0 Å². The van der Waals surface area contributed by atoms with E-state index in [1.165, 1.54) is 13.8 Å². The average molecular weight is 333 g/mol. The first-order chi connectivity index (χ1) is 11.3. The predicted molar refractivity (Wildman–Crippen MR) is 83.6 cm³/mol. The molecule has 1 aromatic carbocycles. The molecule has 128 valence electrons. The van der Waals surface area contributed by atoms with E-state index < -0.39 is 17.3 Å². The third kappa shape index (κ3) is 4.31. The normalized spacial score (nSPS) is 11.1. The molecule has 24 heavy (non-hydrogen) atoms. The van der Waals surface area contributed by atoms with Crippen LogP contribution in [0, 0.1) is 12.3 Å². The average Bonchev–Trinajstić information content (AvgIpc) is 2.96. The number of nitrogens with zero attached hydrogens (tertiary/aromatic N) is 2. The van der Waals surface area contributed by atoms with Crippen molar-refractivity contribution in [1.29, 1.82) is 0 Å². The van der Waals surface area contributed by atoms with Crippen LogP contribution in [0.3, 0.4) is 0 Å². The van der Waals surface area contributed by atoms with Crippen LogP contribution in [0.1, 0.15) is 35.9 Å². The molecule has 0 unspecified atom stereocenters. The summed E-state index contributed by atoms with van der Waals surface area (Å²) in [5.74, 6) is -0.250. The zero-order chi connectivity index (χ0) is 17.7. The Morgan fingerprint density at radius 3 is 2.67 bits per heavy atom. The molecule has 8 heteroatoms. The number of benzene rings is 1. The Balaban J connectivity index is 2.04. The smallest absolute Gasteiger partial charge is 0.310 e. The van der Waals surface area contributed by atoms with E-state index in [9.17, 15) is 9.59 Å². The van der Waals surface area contributed by atoms with Crippen LogP contribution in [0.15, 0.2) is 28.8 Å². The second kappa shape index (κ2) is 7.12.